The van der Waals surface area contributed by atoms with Gasteiger partial charge in [0.1, 0.15) is 22.9 Å². The van der Waals surface area contributed by atoms with E-state index in [0.717, 1.165) is 36.6 Å². The van der Waals surface area contributed by atoms with Crippen LogP contribution in [0, 0.1) is 11.6 Å². The molecule has 5 rings (SSSR count). The van der Waals surface area contributed by atoms with Crippen molar-refractivity contribution in [3.8, 4) is 11.4 Å². The van der Waals surface area contributed by atoms with E-state index >= 15 is 0 Å². The Morgan fingerprint density at radius 1 is 1.27 bits per heavy atom. The van der Waals surface area contributed by atoms with Gasteiger partial charge in [0.2, 0.25) is 5.91 Å². The van der Waals surface area contributed by atoms with Gasteiger partial charge in [-0.15, -0.1) is 0 Å². The van der Waals surface area contributed by atoms with Gasteiger partial charge in [0.05, 0.1) is 12.1 Å². The van der Waals surface area contributed by atoms with Crippen molar-refractivity contribution in [1.29, 1.82) is 0 Å². The molecule has 3 atom stereocenters. The molecule has 0 radical (unpaired) electrons. The van der Waals surface area contributed by atoms with Crippen molar-refractivity contribution in [3.05, 3.63) is 76.6 Å². The zero-order valence-electron chi connectivity index (χ0n) is 20.4. The molecule has 2 heterocycles. The Morgan fingerprint density at radius 2 is 2.03 bits per heavy atom. The summed E-state index contributed by atoms with van der Waals surface area (Å²) in [6, 6.07) is 7.78. The van der Waals surface area contributed by atoms with Crippen LogP contribution in [0.5, 0.6) is 5.75 Å². The number of nitrogens with zero attached hydrogens (tertiary/aromatic N) is 2. The number of amides is 1. The number of hydrogen-bond acceptors (Lipinski definition) is 5. The van der Waals surface area contributed by atoms with Crippen molar-refractivity contribution in [2.75, 3.05) is 6.54 Å². The van der Waals surface area contributed by atoms with Gasteiger partial charge in [-0.2, -0.15) is 5.10 Å². The predicted molar refractivity (Wildman–Crippen MR) is 135 cm³/mol. The van der Waals surface area contributed by atoms with Gasteiger partial charge in [0.25, 0.3) is 0 Å². The smallest absolute Gasteiger partial charge is 0.217 e. The van der Waals surface area contributed by atoms with Crippen molar-refractivity contribution in [1.82, 2.24) is 20.4 Å². The van der Waals surface area contributed by atoms with Gasteiger partial charge in [-0.05, 0) is 61.6 Å². The minimum Gasteiger partial charge on any atom is -0.485 e. The highest BCUT2D eigenvalue weighted by molar-refractivity contribution is 6.31. The third-order valence-electron chi connectivity index (χ3n) is 7.15. The van der Waals surface area contributed by atoms with Gasteiger partial charge in [0.15, 0.2) is 5.75 Å². The molecule has 0 bridgehead atoms. The molecule has 3 N–H and O–H groups in total. The summed E-state index contributed by atoms with van der Waals surface area (Å²) < 4.78 is 35.7. The number of aromatic nitrogens is 2. The molecule has 1 amide bonds. The lowest BCUT2D eigenvalue weighted by Crippen LogP contribution is -2.52. The SMILES string of the molecule is CC(=O)N[C@@H](Cc1cc(F)cc(F)c1)[C@H](O)CN[C@H]1CC2(CCC2)Oc2c1cc(Cl)cc2-n1cccn1. The Bertz CT molecular complexity index is 1260. The fourth-order valence-electron chi connectivity index (χ4n) is 5.28. The molecule has 1 aliphatic heterocycles. The monoisotopic (exact) mass is 530 g/mol. The molecule has 7 nitrogen and oxygen atoms in total. The van der Waals surface area contributed by atoms with Crippen molar-refractivity contribution in [3.63, 3.8) is 0 Å². The summed E-state index contributed by atoms with van der Waals surface area (Å²) in [4.78, 5) is 11.8. The van der Waals surface area contributed by atoms with Crippen LogP contribution in [0.25, 0.3) is 5.69 Å². The molecule has 10 heteroatoms. The summed E-state index contributed by atoms with van der Waals surface area (Å²) in [7, 11) is 0. The number of ether oxygens (including phenoxy) is 1. The Balaban J connectivity index is 1.38. The number of aliphatic hydroxyl groups is 1. The number of hydrogen-bond donors (Lipinski definition) is 3. The van der Waals surface area contributed by atoms with Crippen LogP contribution < -0.4 is 15.4 Å². The zero-order valence-corrected chi connectivity index (χ0v) is 21.1. The Kier molecular flexibility index (Phi) is 7.20. The first-order valence-corrected chi connectivity index (χ1v) is 12.8. The Labute approximate surface area is 218 Å². The first kappa shape index (κ1) is 25.6. The van der Waals surface area contributed by atoms with E-state index in [0.29, 0.717) is 22.8 Å². The Hall–Kier alpha value is -3.01. The van der Waals surface area contributed by atoms with E-state index in [-0.39, 0.29) is 30.5 Å². The van der Waals surface area contributed by atoms with Crippen LogP contribution in [-0.4, -0.2) is 45.1 Å². The molecule has 1 fully saturated rings. The zero-order chi connectivity index (χ0) is 26.2. The average Bonchev–Trinajstić information content (AvgIpc) is 3.34. The van der Waals surface area contributed by atoms with Gasteiger partial charge in [-0.3, -0.25) is 4.79 Å². The lowest BCUT2D eigenvalue weighted by Gasteiger charge is -2.48. The summed E-state index contributed by atoms with van der Waals surface area (Å²) in [6.45, 7) is 1.47. The van der Waals surface area contributed by atoms with Crippen LogP contribution in [0.1, 0.15) is 49.8 Å². The third-order valence-corrected chi connectivity index (χ3v) is 7.37. The second-order valence-electron chi connectivity index (χ2n) is 9.95. The van der Waals surface area contributed by atoms with Crippen LogP contribution in [-0.2, 0) is 11.2 Å². The van der Waals surface area contributed by atoms with E-state index in [1.165, 1.54) is 19.1 Å². The molecule has 1 spiro atoms. The quantitative estimate of drug-likeness (QED) is 0.405. The molecular formula is C27H29ClF2N4O3. The highest BCUT2D eigenvalue weighted by Crippen LogP contribution is 2.51. The molecule has 2 aromatic carbocycles. The van der Waals surface area contributed by atoms with Crippen LogP contribution in [0.15, 0.2) is 48.8 Å². The third kappa shape index (κ3) is 5.63. The number of nitrogens with one attached hydrogen (secondary N) is 2. The topological polar surface area (TPSA) is 88.4 Å². The van der Waals surface area contributed by atoms with Crippen molar-refractivity contribution in [2.45, 2.75) is 62.8 Å². The normalized spacial score (nSPS) is 19.4. The summed E-state index contributed by atoms with van der Waals surface area (Å²) in [5.74, 6) is -1.06. The molecule has 0 unspecified atom stereocenters. The van der Waals surface area contributed by atoms with E-state index in [2.05, 4.69) is 15.7 Å². The maximum Gasteiger partial charge on any atom is 0.217 e. The first-order chi connectivity index (χ1) is 17.7. The maximum absolute atomic E-state index is 13.7. The average molecular weight is 531 g/mol. The second-order valence-corrected chi connectivity index (χ2v) is 10.4. The fourth-order valence-corrected chi connectivity index (χ4v) is 5.50. The predicted octanol–water partition coefficient (Wildman–Crippen LogP) is 4.25. The molecule has 1 aliphatic carbocycles. The molecular weight excluding hydrogens is 502 g/mol. The highest BCUT2D eigenvalue weighted by atomic mass is 35.5. The van der Waals surface area contributed by atoms with E-state index < -0.39 is 23.8 Å². The molecule has 37 heavy (non-hydrogen) atoms. The van der Waals surface area contributed by atoms with Crippen LogP contribution in [0.2, 0.25) is 5.02 Å². The van der Waals surface area contributed by atoms with Crippen molar-refractivity contribution in [2.24, 2.45) is 0 Å². The molecule has 2 aliphatic rings. The number of fused-ring (bicyclic) bond motifs is 1. The van der Waals surface area contributed by atoms with Gasteiger partial charge in [0, 0.05) is 55.0 Å². The number of halogens is 3. The van der Waals surface area contributed by atoms with E-state index in [9.17, 15) is 18.7 Å². The lowest BCUT2D eigenvalue weighted by molar-refractivity contribution is -0.120. The fraction of sp³-hybridized carbons (Fsp3) is 0.407. The van der Waals surface area contributed by atoms with Crippen LogP contribution in [0.3, 0.4) is 0 Å². The molecule has 196 valence electrons. The van der Waals surface area contributed by atoms with Gasteiger partial charge < -0.3 is 20.5 Å². The number of carbonyl (C=O) groups is 1. The number of aliphatic hydroxyl groups excluding tert-OH is 1. The summed E-state index contributed by atoms with van der Waals surface area (Å²) >= 11 is 6.49. The number of benzene rings is 2. The minimum atomic E-state index is -1.02. The maximum atomic E-state index is 13.7. The Morgan fingerprint density at radius 3 is 2.65 bits per heavy atom. The molecule has 1 aromatic heterocycles. The van der Waals surface area contributed by atoms with Gasteiger partial charge in [-0.25, -0.2) is 13.5 Å². The van der Waals surface area contributed by atoms with Gasteiger partial charge >= 0.3 is 0 Å². The first-order valence-electron chi connectivity index (χ1n) is 12.4. The summed E-state index contributed by atoms with van der Waals surface area (Å²) in [6.07, 6.45) is 6.19. The van der Waals surface area contributed by atoms with Crippen molar-refractivity contribution < 1.29 is 23.4 Å². The summed E-state index contributed by atoms with van der Waals surface area (Å²) in [5, 5.41) is 22.1. The van der Waals surface area contributed by atoms with Crippen LogP contribution in [0.4, 0.5) is 8.78 Å². The number of rotatable bonds is 8. The van der Waals surface area contributed by atoms with E-state index in [1.807, 2.05) is 24.4 Å². The number of carbonyl (C=O) groups excluding carboxylic acids is 1. The van der Waals surface area contributed by atoms with E-state index in [4.69, 9.17) is 16.3 Å². The van der Waals surface area contributed by atoms with Crippen molar-refractivity contribution >= 4 is 17.5 Å². The summed E-state index contributed by atoms with van der Waals surface area (Å²) in [5.41, 5.74) is 1.65. The molecule has 0 saturated heterocycles. The molecule has 3 aromatic rings. The minimum absolute atomic E-state index is 0.0701. The standard InChI is InChI=1S/C27H29ClF2N4O3/c1-16(35)33-22(10-17-8-19(29)13-20(30)9-17)25(36)15-31-23-14-27(4-2-5-27)37-26-21(23)11-18(28)12-24(26)34-7-3-6-32-34/h3,6-9,11-13,22-23,25,31,36H,2,4-5,10,14-15H2,1H3,(H,33,35)/t22-,23-,25+/m0/s1. The second kappa shape index (κ2) is 10.4. The largest absolute Gasteiger partial charge is 0.485 e. The highest BCUT2D eigenvalue weighted by Gasteiger charge is 2.46. The van der Waals surface area contributed by atoms with Crippen LogP contribution >= 0.6 is 11.6 Å². The van der Waals surface area contributed by atoms with E-state index in [1.54, 1.807) is 10.9 Å². The van der Waals surface area contributed by atoms with Gasteiger partial charge in [-0.1, -0.05) is 11.6 Å². The lowest BCUT2D eigenvalue weighted by atomic mass is 9.72. The molecule has 1 saturated carbocycles.